The number of nitrogens with zero attached hydrogens (tertiary/aromatic N) is 1. The van der Waals surface area contributed by atoms with E-state index in [9.17, 15) is 10.1 Å². The second-order valence-electron chi connectivity index (χ2n) is 2.42. The standard InChI is InChI=1S/C6H14N2O4/c1-2-3-4-6(12-7)5-11-8(9)10/h6H,2-5,7H2,1H3. The molecule has 0 aromatic heterocycles. The molecule has 0 aliphatic heterocycles. The molecule has 12 heavy (non-hydrogen) atoms. The predicted octanol–water partition coefficient (Wildman–Crippen LogP) is 0.644. The number of hydrogen-bond donors (Lipinski definition) is 1. The van der Waals surface area contributed by atoms with Crippen molar-refractivity contribution in [2.75, 3.05) is 6.61 Å². The van der Waals surface area contributed by atoms with Gasteiger partial charge >= 0.3 is 0 Å². The highest BCUT2D eigenvalue weighted by Gasteiger charge is 2.09. The monoisotopic (exact) mass is 178 g/mol. The van der Waals surface area contributed by atoms with Crippen LogP contribution in [0.1, 0.15) is 26.2 Å². The predicted molar refractivity (Wildman–Crippen MR) is 41.5 cm³/mol. The van der Waals surface area contributed by atoms with Crippen LogP contribution >= 0.6 is 0 Å². The smallest absolute Gasteiger partial charge is 0.294 e. The molecule has 72 valence electrons. The third-order valence-corrected chi connectivity index (χ3v) is 1.44. The fourth-order valence-electron chi connectivity index (χ4n) is 0.766. The van der Waals surface area contributed by atoms with Gasteiger partial charge in [0.05, 0.1) is 0 Å². The van der Waals surface area contributed by atoms with Crippen molar-refractivity contribution in [2.24, 2.45) is 5.90 Å². The van der Waals surface area contributed by atoms with Crippen LogP contribution in [-0.2, 0) is 9.68 Å². The van der Waals surface area contributed by atoms with Crippen LogP contribution in [0.5, 0.6) is 0 Å². The molecule has 0 radical (unpaired) electrons. The van der Waals surface area contributed by atoms with E-state index in [0.717, 1.165) is 12.8 Å². The first-order valence-corrected chi connectivity index (χ1v) is 3.83. The van der Waals surface area contributed by atoms with Crippen LogP contribution in [0.25, 0.3) is 0 Å². The lowest BCUT2D eigenvalue weighted by Crippen LogP contribution is -2.24. The summed E-state index contributed by atoms with van der Waals surface area (Å²) in [6.45, 7) is 1.92. The second-order valence-corrected chi connectivity index (χ2v) is 2.42. The van der Waals surface area contributed by atoms with Crippen LogP contribution in [0.15, 0.2) is 0 Å². The van der Waals surface area contributed by atoms with Crippen molar-refractivity contribution in [2.45, 2.75) is 32.3 Å². The van der Waals surface area contributed by atoms with Crippen LogP contribution < -0.4 is 5.90 Å². The molecule has 6 heteroatoms. The van der Waals surface area contributed by atoms with E-state index in [0.29, 0.717) is 6.42 Å². The van der Waals surface area contributed by atoms with Crippen molar-refractivity contribution in [1.82, 2.24) is 0 Å². The average Bonchev–Trinajstić information content (AvgIpc) is 2.05. The highest BCUT2D eigenvalue weighted by molar-refractivity contribution is 4.53. The van der Waals surface area contributed by atoms with Crippen molar-refractivity contribution in [1.29, 1.82) is 0 Å². The SMILES string of the molecule is CCCCC(CO[N+](=O)[O-])ON. The van der Waals surface area contributed by atoms with Crippen molar-refractivity contribution in [3.05, 3.63) is 10.1 Å². The molecule has 0 aromatic carbocycles. The van der Waals surface area contributed by atoms with E-state index in [-0.39, 0.29) is 12.7 Å². The maximum Gasteiger partial charge on any atom is 0.294 e. The number of rotatable bonds is 7. The Morgan fingerprint density at radius 1 is 1.67 bits per heavy atom. The third-order valence-electron chi connectivity index (χ3n) is 1.44. The van der Waals surface area contributed by atoms with Crippen molar-refractivity contribution in [3.63, 3.8) is 0 Å². The highest BCUT2D eigenvalue weighted by atomic mass is 17.0. The summed E-state index contributed by atoms with van der Waals surface area (Å²) in [4.78, 5) is 18.4. The Balaban J connectivity index is 3.45. The molecule has 0 aliphatic carbocycles. The molecule has 0 saturated heterocycles. The van der Waals surface area contributed by atoms with E-state index in [1.165, 1.54) is 0 Å². The minimum Gasteiger partial charge on any atom is -0.311 e. The largest absolute Gasteiger partial charge is 0.311 e. The summed E-state index contributed by atoms with van der Waals surface area (Å²) >= 11 is 0. The quantitative estimate of drug-likeness (QED) is 0.456. The van der Waals surface area contributed by atoms with Gasteiger partial charge in [-0.3, -0.25) is 4.84 Å². The van der Waals surface area contributed by atoms with E-state index in [1.54, 1.807) is 0 Å². The van der Waals surface area contributed by atoms with Gasteiger partial charge in [-0.05, 0) is 6.42 Å². The molecule has 0 bridgehead atoms. The molecule has 1 atom stereocenters. The summed E-state index contributed by atoms with van der Waals surface area (Å²) in [6.07, 6.45) is 2.22. The lowest BCUT2D eigenvalue weighted by molar-refractivity contribution is -0.759. The normalized spacial score (nSPS) is 12.5. The molecule has 0 spiro atoms. The van der Waals surface area contributed by atoms with Crippen LogP contribution in [0.4, 0.5) is 0 Å². The van der Waals surface area contributed by atoms with Gasteiger partial charge in [0.2, 0.25) is 0 Å². The third kappa shape index (κ3) is 5.87. The Labute approximate surface area is 70.7 Å². The maximum absolute atomic E-state index is 9.78. The Morgan fingerprint density at radius 2 is 2.33 bits per heavy atom. The number of hydrogen-bond acceptors (Lipinski definition) is 5. The van der Waals surface area contributed by atoms with Gasteiger partial charge < -0.3 is 4.84 Å². The summed E-state index contributed by atoms with van der Waals surface area (Å²) in [5, 5.41) is 8.93. The van der Waals surface area contributed by atoms with Crippen molar-refractivity contribution in [3.8, 4) is 0 Å². The minimum atomic E-state index is -0.849. The fraction of sp³-hybridized carbons (Fsp3) is 1.00. The summed E-state index contributed by atoms with van der Waals surface area (Å²) in [5.74, 6) is 4.90. The number of nitrogens with two attached hydrogens (primary N) is 1. The van der Waals surface area contributed by atoms with Gasteiger partial charge in [-0.2, -0.15) is 0 Å². The summed E-state index contributed by atoms with van der Waals surface area (Å²) in [5.41, 5.74) is 0. The first kappa shape index (κ1) is 11.1. The Bertz CT molecular complexity index is 131. The van der Waals surface area contributed by atoms with E-state index in [2.05, 4.69) is 9.68 Å². The Kier molecular flexibility index (Phi) is 6.31. The zero-order valence-corrected chi connectivity index (χ0v) is 7.06. The molecule has 6 nitrogen and oxygen atoms in total. The molecule has 0 amide bonds. The van der Waals surface area contributed by atoms with Crippen molar-refractivity contribution < 1.29 is 14.8 Å². The topological polar surface area (TPSA) is 87.6 Å². The van der Waals surface area contributed by atoms with Gasteiger partial charge in [0, 0.05) is 0 Å². The molecule has 0 heterocycles. The molecule has 0 fully saturated rings. The molecule has 1 unspecified atom stereocenters. The van der Waals surface area contributed by atoms with Gasteiger partial charge in [-0.25, -0.2) is 5.90 Å². The molecule has 0 saturated carbocycles. The fourth-order valence-corrected chi connectivity index (χ4v) is 0.766. The van der Waals surface area contributed by atoms with E-state index < -0.39 is 5.09 Å². The lowest BCUT2D eigenvalue weighted by atomic mass is 10.2. The lowest BCUT2D eigenvalue weighted by Gasteiger charge is -2.11. The molecule has 0 aromatic rings. The first-order valence-electron chi connectivity index (χ1n) is 3.83. The molecule has 0 aliphatic rings. The summed E-state index contributed by atoms with van der Waals surface area (Å²) in [7, 11) is 0. The van der Waals surface area contributed by atoms with Crippen LogP contribution in [0.3, 0.4) is 0 Å². The van der Waals surface area contributed by atoms with E-state index in [4.69, 9.17) is 5.90 Å². The minimum absolute atomic E-state index is 0.0938. The maximum atomic E-state index is 9.78. The first-order chi connectivity index (χ1) is 5.70. The van der Waals surface area contributed by atoms with Gasteiger partial charge in [0.25, 0.3) is 5.09 Å². The van der Waals surface area contributed by atoms with Gasteiger partial charge in [-0.15, -0.1) is 10.1 Å². The highest BCUT2D eigenvalue weighted by Crippen LogP contribution is 2.03. The molecular weight excluding hydrogens is 164 g/mol. The number of unbranched alkanes of at least 4 members (excludes halogenated alkanes) is 1. The van der Waals surface area contributed by atoms with Crippen LogP contribution in [0, 0.1) is 10.1 Å². The zero-order valence-electron chi connectivity index (χ0n) is 7.06. The van der Waals surface area contributed by atoms with Gasteiger partial charge in [0.1, 0.15) is 12.7 Å². The Hall–Kier alpha value is -0.880. The van der Waals surface area contributed by atoms with E-state index >= 15 is 0 Å². The van der Waals surface area contributed by atoms with E-state index in [1.807, 2.05) is 6.92 Å². The molecule has 0 rings (SSSR count). The average molecular weight is 178 g/mol. The zero-order chi connectivity index (χ0) is 9.40. The van der Waals surface area contributed by atoms with Crippen LogP contribution in [-0.4, -0.2) is 17.8 Å². The molecule has 2 N–H and O–H groups in total. The second kappa shape index (κ2) is 6.81. The van der Waals surface area contributed by atoms with Crippen LogP contribution in [0.2, 0.25) is 0 Å². The summed E-state index contributed by atoms with van der Waals surface area (Å²) in [6, 6.07) is 0. The Morgan fingerprint density at radius 3 is 2.75 bits per heavy atom. The molecular formula is C6H14N2O4. The van der Waals surface area contributed by atoms with Gasteiger partial charge in [0.15, 0.2) is 0 Å². The summed E-state index contributed by atoms with van der Waals surface area (Å²) < 4.78 is 0. The van der Waals surface area contributed by atoms with Gasteiger partial charge in [-0.1, -0.05) is 19.8 Å². The van der Waals surface area contributed by atoms with Crippen molar-refractivity contribution >= 4 is 0 Å².